The van der Waals surface area contributed by atoms with Crippen molar-refractivity contribution in [3.8, 4) is 5.75 Å². The van der Waals surface area contributed by atoms with Gasteiger partial charge in [0.15, 0.2) is 0 Å². The van der Waals surface area contributed by atoms with Gasteiger partial charge in [0.1, 0.15) is 10.6 Å². The molecule has 5 nitrogen and oxygen atoms in total. The molecule has 0 aliphatic heterocycles. The van der Waals surface area contributed by atoms with Gasteiger partial charge in [-0.2, -0.15) is 0 Å². The van der Waals surface area contributed by atoms with Gasteiger partial charge in [0.2, 0.25) is 10.0 Å². The fraction of sp³-hybridized carbons (Fsp3) is 0.600. The first-order chi connectivity index (χ1) is 9.90. The number of nitrogen functional groups attached to an aromatic ring is 1. The van der Waals surface area contributed by atoms with Crippen LogP contribution < -0.4 is 15.2 Å². The van der Waals surface area contributed by atoms with Crippen molar-refractivity contribution >= 4 is 15.7 Å². The van der Waals surface area contributed by atoms with Gasteiger partial charge in [0.25, 0.3) is 0 Å². The Hall–Kier alpha value is -1.27. The Kier molecular flexibility index (Phi) is 6.98. The summed E-state index contributed by atoms with van der Waals surface area (Å²) in [5, 5.41) is 0. The monoisotopic (exact) mass is 314 g/mol. The van der Waals surface area contributed by atoms with Crippen molar-refractivity contribution in [1.29, 1.82) is 0 Å². The summed E-state index contributed by atoms with van der Waals surface area (Å²) in [4.78, 5) is 0.0768. The quantitative estimate of drug-likeness (QED) is 0.542. The summed E-state index contributed by atoms with van der Waals surface area (Å²) in [6.45, 7) is 4.20. The molecule has 1 atom stereocenters. The van der Waals surface area contributed by atoms with Crippen LogP contribution in [0.3, 0.4) is 0 Å². The molecule has 0 amide bonds. The van der Waals surface area contributed by atoms with Gasteiger partial charge in [-0.05, 0) is 38.9 Å². The average Bonchev–Trinajstić information content (AvgIpc) is 2.43. The standard InChI is InChI=1S/C15H26N2O3S/c1-4-5-6-7-8-12(2)20-13-9-10-15(14(16)11-13)21(18,19)17-3/h9-12,17H,4-8,16H2,1-3H3. The molecule has 0 saturated heterocycles. The Morgan fingerprint density at radius 1 is 1.29 bits per heavy atom. The van der Waals surface area contributed by atoms with Gasteiger partial charge in [-0.1, -0.05) is 26.2 Å². The van der Waals surface area contributed by atoms with E-state index in [1.807, 2.05) is 6.92 Å². The van der Waals surface area contributed by atoms with Gasteiger partial charge in [0.05, 0.1) is 11.8 Å². The minimum absolute atomic E-state index is 0.0768. The molecule has 0 saturated carbocycles. The van der Waals surface area contributed by atoms with E-state index in [9.17, 15) is 8.42 Å². The zero-order valence-corrected chi connectivity index (χ0v) is 13.9. The number of ether oxygens (including phenoxy) is 1. The van der Waals surface area contributed by atoms with E-state index in [1.54, 1.807) is 12.1 Å². The lowest BCUT2D eigenvalue weighted by Gasteiger charge is -2.16. The molecular formula is C15H26N2O3S. The van der Waals surface area contributed by atoms with E-state index in [2.05, 4.69) is 11.6 Å². The number of hydrogen-bond acceptors (Lipinski definition) is 4. The SMILES string of the molecule is CCCCCCC(C)Oc1ccc(S(=O)(=O)NC)c(N)c1. The summed E-state index contributed by atoms with van der Waals surface area (Å²) < 4.78 is 31.5. The summed E-state index contributed by atoms with van der Waals surface area (Å²) in [5.74, 6) is 0.602. The third-order valence-electron chi connectivity index (χ3n) is 3.34. The van der Waals surface area contributed by atoms with E-state index >= 15 is 0 Å². The summed E-state index contributed by atoms with van der Waals surface area (Å²) in [5.41, 5.74) is 5.99. The fourth-order valence-electron chi connectivity index (χ4n) is 2.10. The molecule has 1 rings (SSSR count). The minimum atomic E-state index is -3.53. The van der Waals surface area contributed by atoms with E-state index in [0.717, 1.165) is 12.8 Å². The average molecular weight is 314 g/mol. The summed E-state index contributed by atoms with van der Waals surface area (Å²) >= 11 is 0. The van der Waals surface area contributed by atoms with E-state index in [1.165, 1.54) is 32.4 Å². The normalized spacial score (nSPS) is 13.1. The first-order valence-corrected chi connectivity index (χ1v) is 8.88. The van der Waals surface area contributed by atoms with Crippen LogP contribution in [-0.2, 0) is 10.0 Å². The van der Waals surface area contributed by atoms with Gasteiger partial charge in [-0.3, -0.25) is 0 Å². The number of benzene rings is 1. The Bertz CT molecular complexity index is 544. The van der Waals surface area contributed by atoms with Crippen molar-refractivity contribution in [2.24, 2.45) is 0 Å². The van der Waals surface area contributed by atoms with Crippen LogP contribution in [0.25, 0.3) is 0 Å². The molecule has 0 aliphatic carbocycles. The maximum atomic E-state index is 11.7. The maximum Gasteiger partial charge on any atom is 0.242 e. The third kappa shape index (κ3) is 5.55. The molecule has 0 aliphatic rings. The minimum Gasteiger partial charge on any atom is -0.491 e. The second-order valence-electron chi connectivity index (χ2n) is 5.18. The Balaban J connectivity index is 2.64. The van der Waals surface area contributed by atoms with Crippen molar-refractivity contribution in [3.05, 3.63) is 18.2 Å². The molecule has 0 radical (unpaired) electrons. The smallest absolute Gasteiger partial charge is 0.242 e. The molecule has 0 bridgehead atoms. The lowest BCUT2D eigenvalue weighted by molar-refractivity contribution is 0.206. The summed E-state index contributed by atoms with van der Waals surface area (Å²) in [6.07, 6.45) is 5.88. The Morgan fingerprint density at radius 2 is 2.00 bits per heavy atom. The molecule has 21 heavy (non-hydrogen) atoms. The first kappa shape index (κ1) is 17.8. The van der Waals surface area contributed by atoms with E-state index in [-0.39, 0.29) is 16.7 Å². The molecule has 1 unspecified atom stereocenters. The predicted molar refractivity (Wildman–Crippen MR) is 85.9 cm³/mol. The summed E-state index contributed by atoms with van der Waals surface area (Å²) in [7, 11) is -2.17. The number of nitrogens with two attached hydrogens (primary N) is 1. The van der Waals surface area contributed by atoms with Gasteiger partial charge < -0.3 is 10.5 Å². The van der Waals surface area contributed by atoms with Crippen molar-refractivity contribution in [2.75, 3.05) is 12.8 Å². The van der Waals surface area contributed by atoms with E-state index < -0.39 is 10.0 Å². The zero-order valence-electron chi connectivity index (χ0n) is 13.1. The molecule has 0 spiro atoms. The molecule has 120 valence electrons. The van der Waals surface area contributed by atoms with Gasteiger partial charge in [0, 0.05) is 6.07 Å². The molecule has 3 N–H and O–H groups in total. The van der Waals surface area contributed by atoms with Crippen LogP contribution >= 0.6 is 0 Å². The van der Waals surface area contributed by atoms with Crippen LogP contribution in [-0.4, -0.2) is 21.6 Å². The number of anilines is 1. The highest BCUT2D eigenvalue weighted by Gasteiger charge is 2.16. The van der Waals surface area contributed by atoms with Gasteiger partial charge >= 0.3 is 0 Å². The van der Waals surface area contributed by atoms with Crippen molar-refractivity contribution in [2.45, 2.75) is 57.0 Å². The molecule has 0 heterocycles. The van der Waals surface area contributed by atoms with Crippen LogP contribution in [0.4, 0.5) is 5.69 Å². The highest BCUT2D eigenvalue weighted by molar-refractivity contribution is 7.89. The van der Waals surface area contributed by atoms with Crippen LogP contribution in [0.15, 0.2) is 23.1 Å². The topological polar surface area (TPSA) is 81.4 Å². The fourth-order valence-corrected chi connectivity index (χ4v) is 2.94. The highest BCUT2D eigenvalue weighted by Crippen LogP contribution is 2.25. The first-order valence-electron chi connectivity index (χ1n) is 7.40. The van der Waals surface area contributed by atoms with Gasteiger partial charge in [-0.25, -0.2) is 13.1 Å². The molecular weight excluding hydrogens is 288 g/mol. The van der Waals surface area contributed by atoms with Crippen LogP contribution in [0.1, 0.15) is 46.0 Å². The zero-order chi connectivity index (χ0) is 15.9. The second kappa shape index (κ2) is 8.24. The maximum absolute atomic E-state index is 11.7. The lowest BCUT2D eigenvalue weighted by Crippen LogP contribution is -2.20. The van der Waals surface area contributed by atoms with Crippen molar-refractivity contribution < 1.29 is 13.2 Å². The Morgan fingerprint density at radius 3 is 2.57 bits per heavy atom. The van der Waals surface area contributed by atoms with E-state index in [4.69, 9.17) is 10.5 Å². The molecule has 1 aromatic carbocycles. The number of sulfonamides is 1. The highest BCUT2D eigenvalue weighted by atomic mass is 32.2. The number of rotatable bonds is 9. The van der Waals surface area contributed by atoms with Crippen LogP contribution in [0.2, 0.25) is 0 Å². The second-order valence-corrected chi connectivity index (χ2v) is 7.04. The third-order valence-corrected chi connectivity index (χ3v) is 4.83. The molecule has 6 heteroatoms. The molecule has 0 aromatic heterocycles. The molecule has 0 fully saturated rings. The lowest BCUT2D eigenvalue weighted by atomic mass is 10.1. The van der Waals surface area contributed by atoms with Gasteiger partial charge in [-0.15, -0.1) is 0 Å². The Labute approximate surface area is 127 Å². The predicted octanol–water partition coefficient (Wildman–Crippen LogP) is 2.91. The van der Waals surface area contributed by atoms with E-state index in [0.29, 0.717) is 5.75 Å². The number of nitrogens with one attached hydrogen (secondary N) is 1. The van der Waals surface area contributed by atoms with Crippen molar-refractivity contribution in [3.63, 3.8) is 0 Å². The summed E-state index contributed by atoms with van der Waals surface area (Å²) in [6, 6.07) is 4.68. The number of hydrogen-bond donors (Lipinski definition) is 2. The van der Waals surface area contributed by atoms with Crippen LogP contribution in [0.5, 0.6) is 5.75 Å². The molecule has 1 aromatic rings. The van der Waals surface area contributed by atoms with Crippen molar-refractivity contribution in [1.82, 2.24) is 4.72 Å². The van der Waals surface area contributed by atoms with Crippen LogP contribution in [0, 0.1) is 0 Å². The number of unbranched alkanes of at least 4 members (excludes halogenated alkanes) is 3. The largest absolute Gasteiger partial charge is 0.491 e.